The molecule has 1 aromatic heterocycles. The molecule has 0 atom stereocenters. The van der Waals surface area contributed by atoms with E-state index >= 15 is 0 Å². The zero-order valence-corrected chi connectivity index (χ0v) is 11.0. The number of hydrogen-bond acceptors (Lipinski definition) is 3. The van der Waals surface area contributed by atoms with Crippen LogP contribution < -0.4 is 10.6 Å². The van der Waals surface area contributed by atoms with E-state index in [1.165, 1.54) is 5.69 Å². The highest BCUT2D eigenvalue weighted by Crippen LogP contribution is 2.18. The van der Waals surface area contributed by atoms with Crippen molar-refractivity contribution >= 4 is 5.91 Å². The number of hydrogen-bond donors (Lipinski definition) is 2. The van der Waals surface area contributed by atoms with Crippen molar-refractivity contribution in [2.24, 2.45) is 0 Å². The monoisotopic (exact) mass is 250 g/mol. The molecule has 0 spiro atoms. The lowest BCUT2D eigenvalue weighted by atomic mass is 10.3. The summed E-state index contributed by atoms with van der Waals surface area (Å²) in [7, 11) is 0. The molecule has 1 saturated carbocycles. The second-order valence-electron chi connectivity index (χ2n) is 4.85. The first-order valence-corrected chi connectivity index (χ1v) is 6.78. The minimum absolute atomic E-state index is 0.159. The zero-order chi connectivity index (χ0) is 12.8. The first kappa shape index (κ1) is 13.1. The van der Waals surface area contributed by atoms with Gasteiger partial charge in [-0.1, -0.05) is 6.92 Å². The van der Waals surface area contributed by atoms with Crippen molar-refractivity contribution in [1.82, 2.24) is 20.2 Å². The van der Waals surface area contributed by atoms with E-state index in [1.54, 1.807) is 0 Å². The predicted octanol–water partition coefficient (Wildman–Crippen LogP) is 1.05. The molecule has 5 heteroatoms. The number of aromatic nitrogens is 2. The number of aryl methyl sites for hydroxylation is 1. The van der Waals surface area contributed by atoms with E-state index in [9.17, 15) is 4.79 Å². The second kappa shape index (κ2) is 6.54. The zero-order valence-electron chi connectivity index (χ0n) is 11.0. The van der Waals surface area contributed by atoms with Crippen LogP contribution in [-0.4, -0.2) is 28.0 Å². The van der Waals surface area contributed by atoms with Crippen molar-refractivity contribution in [3.63, 3.8) is 0 Å². The Hall–Kier alpha value is -1.36. The van der Waals surface area contributed by atoms with Gasteiger partial charge in [0.15, 0.2) is 0 Å². The van der Waals surface area contributed by atoms with E-state index in [2.05, 4.69) is 27.1 Å². The summed E-state index contributed by atoms with van der Waals surface area (Å²) in [6.07, 6.45) is 7.70. The van der Waals surface area contributed by atoms with Gasteiger partial charge in [0.2, 0.25) is 5.91 Å². The highest BCUT2D eigenvalue weighted by molar-refractivity contribution is 5.76. The molecule has 2 rings (SSSR count). The van der Waals surface area contributed by atoms with Gasteiger partial charge in [-0.25, -0.2) is 4.98 Å². The van der Waals surface area contributed by atoms with Gasteiger partial charge in [-0.05, 0) is 19.3 Å². The van der Waals surface area contributed by atoms with Gasteiger partial charge in [-0.2, -0.15) is 0 Å². The standard InChI is InChI=1S/C13H22N4O/c1-2-7-17-10-15-9-12(17)8-14-6-5-13(18)16-11-3-4-11/h9-11,14H,2-8H2,1H3,(H,16,18). The number of carbonyl (C=O) groups excluding carboxylic acids is 1. The summed E-state index contributed by atoms with van der Waals surface area (Å²) in [5.74, 6) is 0.159. The number of carbonyl (C=O) groups is 1. The van der Waals surface area contributed by atoms with Crippen molar-refractivity contribution < 1.29 is 4.79 Å². The maximum atomic E-state index is 11.5. The molecule has 0 aliphatic heterocycles. The molecule has 0 aromatic carbocycles. The van der Waals surface area contributed by atoms with Crippen LogP contribution in [-0.2, 0) is 17.9 Å². The second-order valence-corrected chi connectivity index (χ2v) is 4.85. The van der Waals surface area contributed by atoms with Gasteiger partial charge in [0.25, 0.3) is 0 Å². The minimum atomic E-state index is 0.159. The van der Waals surface area contributed by atoms with Gasteiger partial charge in [-0.15, -0.1) is 0 Å². The van der Waals surface area contributed by atoms with Gasteiger partial charge in [0.05, 0.1) is 12.0 Å². The SMILES string of the molecule is CCCn1cncc1CNCCC(=O)NC1CC1. The molecule has 1 aliphatic rings. The number of amides is 1. The lowest BCUT2D eigenvalue weighted by Crippen LogP contribution is -2.29. The number of rotatable bonds is 8. The van der Waals surface area contributed by atoms with E-state index in [1.807, 2.05) is 12.5 Å². The van der Waals surface area contributed by atoms with Gasteiger partial charge < -0.3 is 15.2 Å². The summed E-state index contributed by atoms with van der Waals surface area (Å²) in [6, 6.07) is 0.462. The summed E-state index contributed by atoms with van der Waals surface area (Å²) >= 11 is 0. The van der Waals surface area contributed by atoms with Crippen LogP contribution in [0.2, 0.25) is 0 Å². The van der Waals surface area contributed by atoms with E-state index in [4.69, 9.17) is 0 Å². The quantitative estimate of drug-likeness (QED) is 0.678. The normalized spacial score (nSPS) is 14.7. The average molecular weight is 250 g/mol. The average Bonchev–Trinajstić information content (AvgIpc) is 3.05. The Morgan fingerprint density at radius 1 is 1.56 bits per heavy atom. The summed E-state index contributed by atoms with van der Waals surface area (Å²) in [4.78, 5) is 15.6. The molecule has 18 heavy (non-hydrogen) atoms. The fourth-order valence-electron chi connectivity index (χ4n) is 1.88. The maximum absolute atomic E-state index is 11.5. The van der Waals surface area contributed by atoms with Crippen LogP contribution in [0.5, 0.6) is 0 Å². The van der Waals surface area contributed by atoms with Crippen LogP contribution in [0.15, 0.2) is 12.5 Å². The van der Waals surface area contributed by atoms with Gasteiger partial charge in [0.1, 0.15) is 0 Å². The van der Waals surface area contributed by atoms with Gasteiger partial charge in [-0.3, -0.25) is 4.79 Å². The van der Waals surface area contributed by atoms with Crippen LogP contribution in [0.1, 0.15) is 38.3 Å². The molecule has 1 heterocycles. The Bertz CT molecular complexity index is 384. The third kappa shape index (κ3) is 4.14. The highest BCUT2D eigenvalue weighted by atomic mass is 16.1. The molecule has 100 valence electrons. The molecule has 1 aliphatic carbocycles. The Morgan fingerprint density at radius 3 is 3.11 bits per heavy atom. The van der Waals surface area contributed by atoms with Crippen molar-refractivity contribution in [2.75, 3.05) is 6.54 Å². The maximum Gasteiger partial charge on any atom is 0.221 e. The molecule has 0 bridgehead atoms. The Kier molecular flexibility index (Phi) is 4.75. The summed E-state index contributed by atoms with van der Waals surface area (Å²) in [6.45, 7) is 4.64. The van der Waals surface area contributed by atoms with Crippen molar-refractivity contribution in [1.29, 1.82) is 0 Å². The lowest BCUT2D eigenvalue weighted by Gasteiger charge is -2.08. The third-order valence-electron chi connectivity index (χ3n) is 3.04. The van der Waals surface area contributed by atoms with Crippen molar-refractivity contribution in [3.05, 3.63) is 18.2 Å². The fraction of sp³-hybridized carbons (Fsp3) is 0.692. The molecule has 1 fully saturated rings. The van der Waals surface area contributed by atoms with E-state index in [0.29, 0.717) is 12.5 Å². The molecular weight excluding hydrogens is 228 g/mol. The predicted molar refractivity (Wildman–Crippen MR) is 70.0 cm³/mol. The van der Waals surface area contributed by atoms with Crippen LogP contribution >= 0.6 is 0 Å². The first-order valence-electron chi connectivity index (χ1n) is 6.78. The first-order chi connectivity index (χ1) is 8.79. The Morgan fingerprint density at radius 2 is 2.39 bits per heavy atom. The van der Waals surface area contributed by atoms with Crippen LogP contribution in [0.3, 0.4) is 0 Å². The molecule has 1 amide bonds. The molecule has 0 unspecified atom stereocenters. The molecular formula is C13H22N4O. The van der Waals surface area contributed by atoms with Crippen LogP contribution in [0, 0.1) is 0 Å². The highest BCUT2D eigenvalue weighted by Gasteiger charge is 2.22. The minimum Gasteiger partial charge on any atom is -0.353 e. The van der Waals surface area contributed by atoms with Crippen LogP contribution in [0.4, 0.5) is 0 Å². The largest absolute Gasteiger partial charge is 0.353 e. The summed E-state index contributed by atoms with van der Waals surface area (Å²) < 4.78 is 2.15. The number of imidazole rings is 1. The lowest BCUT2D eigenvalue weighted by molar-refractivity contribution is -0.121. The molecule has 2 N–H and O–H groups in total. The van der Waals surface area contributed by atoms with Crippen molar-refractivity contribution in [3.8, 4) is 0 Å². The summed E-state index contributed by atoms with van der Waals surface area (Å²) in [5, 5.41) is 6.27. The van der Waals surface area contributed by atoms with E-state index in [-0.39, 0.29) is 5.91 Å². The molecule has 5 nitrogen and oxygen atoms in total. The summed E-state index contributed by atoms with van der Waals surface area (Å²) in [5.41, 5.74) is 1.18. The van der Waals surface area contributed by atoms with Crippen molar-refractivity contribution in [2.45, 2.75) is 51.7 Å². The topological polar surface area (TPSA) is 59.0 Å². The smallest absolute Gasteiger partial charge is 0.221 e. The van der Waals surface area contributed by atoms with Gasteiger partial charge >= 0.3 is 0 Å². The Balaban J connectivity index is 1.61. The molecule has 0 radical (unpaired) electrons. The fourth-order valence-corrected chi connectivity index (χ4v) is 1.88. The molecule has 1 aromatic rings. The van der Waals surface area contributed by atoms with E-state index in [0.717, 1.165) is 38.9 Å². The van der Waals surface area contributed by atoms with E-state index < -0.39 is 0 Å². The number of nitrogens with zero attached hydrogens (tertiary/aromatic N) is 2. The molecule has 0 saturated heterocycles. The third-order valence-corrected chi connectivity index (χ3v) is 3.04. The number of nitrogens with one attached hydrogen (secondary N) is 2. The Labute approximate surface area is 108 Å². The van der Waals surface area contributed by atoms with Gasteiger partial charge in [0, 0.05) is 38.3 Å². The van der Waals surface area contributed by atoms with Crippen LogP contribution in [0.25, 0.3) is 0 Å².